The van der Waals surface area contributed by atoms with Crippen molar-refractivity contribution in [3.05, 3.63) is 33.3 Å². The summed E-state index contributed by atoms with van der Waals surface area (Å²) in [6.45, 7) is 0.289. The standard InChI is InChI=1S/C14H19ClN2O3/c15-11-6-5-7-12(17(19)20)13(11)16-10-14(18)8-3-1-2-4-9-14/h5-7,16,18H,1-4,8-10H2. The third kappa shape index (κ3) is 3.61. The Kier molecular flexibility index (Phi) is 4.83. The number of aliphatic hydroxyl groups is 1. The fourth-order valence-electron chi connectivity index (χ4n) is 2.66. The minimum absolute atomic E-state index is 0.0604. The molecule has 0 bridgehead atoms. The predicted molar refractivity (Wildman–Crippen MR) is 79.2 cm³/mol. The zero-order valence-electron chi connectivity index (χ0n) is 11.3. The molecule has 2 rings (SSSR count). The lowest BCUT2D eigenvalue weighted by molar-refractivity contribution is -0.384. The second-order valence-electron chi connectivity index (χ2n) is 5.38. The summed E-state index contributed by atoms with van der Waals surface area (Å²) in [5.41, 5.74) is -0.574. The molecular formula is C14H19ClN2O3. The molecule has 0 aromatic heterocycles. The van der Waals surface area contributed by atoms with Crippen molar-refractivity contribution in [2.24, 2.45) is 0 Å². The van der Waals surface area contributed by atoms with E-state index in [0.717, 1.165) is 38.5 Å². The van der Waals surface area contributed by atoms with Gasteiger partial charge >= 0.3 is 0 Å². The van der Waals surface area contributed by atoms with Crippen LogP contribution in [0.1, 0.15) is 38.5 Å². The van der Waals surface area contributed by atoms with E-state index < -0.39 is 10.5 Å². The first-order chi connectivity index (χ1) is 9.52. The smallest absolute Gasteiger partial charge is 0.293 e. The number of para-hydroxylation sites is 1. The van der Waals surface area contributed by atoms with Crippen LogP contribution in [0.5, 0.6) is 0 Å². The Labute approximate surface area is 123 Å². The van der Waals surface area contributed by atoms with E-state index in [1.807, 2.05) is 0 Å². The molecule has 110 valence electrons. The van der Waals surface area contributed by atoms with Crippen molar-refractivity contribution in [1.29, 1.82) is 0 Å². The largest absolute Gasteiger partial charge is 0.388 e. The maximum absolute atomic E-state index is 11.0. The summed E-state index contributed by atoms with van der Waals surface area (Å²) in [5.74, 6) is 0. The molecule has 0 amide bonds. The zero-order valence-corrected chi connectivity index (χ0v) is 12.0. The zero-order chi connectivity index (χ0) is 14.6. The molecule has 0 spiro atoms. The number of nitro groups is 1. The van der Waals surface area contributed by atoms with E-state index in [2.05, 4.69) is 5.32 Å². The average molecular weight is 299 g/mol. The molecule has 0 saturated heterocycles. The minimum atomic E-state index is -0.802. The molecular weight excluding hydrogens is 280 g/mol. The molecule has 20 heavy (non-hydrogen) atoms. The van der Waals surface area contributed by atoms with Crippen LogP contribution in [0.4, 0.5) is 11.4 Å². The molecule has 1 aliphatic carbocycles. The van der Waals surface area contributed by atoms with Gasteiger partial charge in [0.1, 0.15) is 5.69 Å². The highest BCUT2D eigenvalue weighted by Crippen LogP contribution is 2.34. The van der Waals surface area contributed by atoms with Crippen molar-refractivity contribution in [1.82, 2.24) is 0 Å². The molecule has 0 heterocycles. The number of nitro benzene ring substituents is 1. The Morgan fingerprint density at radius 3 is 2.55 bits per heavy atom. The first-order valence-electron chi connectivity index (χ1n) is 6.91. The Hall–Kier alpha value is -1.33. The maximum Gasteiger partial charge on any atom is 0.293 e. The van der Waals surface area contributed by atoms with Gasteiger partial charge in [-0.2, -0.15) is 0 Å². The molecule has 1 aliphatic rings. The molecule has 1 saturated carbocycles. The highest BCUT2D eigenvalue weighted by atomic mass is 35.5. The van der Waals surface area contributed by atoms with Crippen LogP contribution in [0.2, 0.25) is 5.02 Å². The molecule has 1 aromatic rings. The molecule has 1 fully saturated rings. The molecule has 0 radical (unpaired) electrons. The number of rotatable bonds is 4. The molecule has 2 N–H and O–H groups in total. The summed E-state index contributed by atoms with van der Waals surface area (Å²) in [5, 5.41) is 24.8. The fraction of sp³-hybridized carbons (Fsp3) is 0.571. The average Bonchev–Trinajstić information content (AvgIpc) is 2.62. The topological polar surface area (TPSA) is 75.4 Å². The van der Waals surface area contributed by atoms with Crippen LogP contribution < -0.4 is 5.32 Å². The quantitative estimate of drug-likeness (QED) is 0.504. The second-order valence-corrected chi connectivity index (χ2v) is 5.79. The Balaban J connectivity index is 2.12. The number of anilines is 1. The summed E-state index contributed by atoms with van der Waals surface area (Å²) in [7, 11) is 0. The lowest BCUT2D eigenvalue weighted by atomic mass is 9.94. The highest BCUT2D eigenvalue weighted by molar-refractivity contribution is 6.33. The molecule has 0 unspecified atom stereocenters. The van der Waals surface area contributed by atoms with Crippen molar-refractivity contribution in [3.63, 3.8) is 0 Å². The van der Waals surface area contributed by atoms with Crippen LogP contribution in [0.3, 0.4) is 0 Å². The van der Waals surface area contributed by atoms with Gasteiger partial charge < -0.3 is 10.4 Å². The number of halogens is 1. The van der Waals surface area contributed by atoms with Crippen molar-refractivity contribution in [2.75, 3.05) is 11.9 Å². The summed E-state index contributed by atoms with van der Waals surface area (Å²) < 4.78 is 0. The third-order valence-electron chi connectivity index (χ3n) is 3.82. The van der Waals surface area contributed by atoms with Gasteiger partial charge in [-0.15, -0.1) is 0 Å². The van der Waals surface area contributed by atoms with Crippen LogP contribution >= 0.6 is 11.6 Å². The van der Waals surface area contributed by atoms with E-state index in [9.17, 15) is 15.2 Å². The SMILES string of the molecule is O=[N+]([O-])c1cccc(Cl)c1NCC1(O)CCCCCC1. The van der Waals surface area contributed by atoms with E-state index in [1.54, 1.807) is 12.1 Å². The van der Waals surface area contributed by atoms with E-state index in [0.29, 0.717) is 5.02 Å². The van der Waals surface area contributed by atoms with Gasteiger partial charge in [-0.25, -0.2) is 0 Å². The summed E-state index contributed by atoms with van der Waals surface area (Å²) >= 11 is 6.02. The molecule has 0 atom stereocenters. The lowest BCUT2D eigenvalue weighted by Crippen LogP contribution is -2.36. The van der Waals surface area contributed by atoms with E-state index >= 15 is 0 Å². The normalized spacial score (nSPS) is 18.3. The molecule has 1 aromatic carbocycles. The number of hydrogen-bond acceptors (Lipinski definition) is 4. The van der Waals surface area contributed by atoms with Gasteiger partial charge in [0.05, 0.1) is 15.5 Å². The van der Waals surface area contributed by atoms with Crippen molar-refractivity contribution in [3.8, 4) is 0 Å². The first-order valence-corrected chi connectivity index (χ1v) is 7.29. The second kappa shape index (κ2) is 6.41. The molecule has 6 heteroatoms. The lowest BCUT2D eigenvalue weighted by Gasteiger charge is -2.27. The maximum atomic E-state index is 11.0. The monoisotopic (exact) mass is 298 g/mol. The fourth-order valence-corrected chi connectivity index (χ4v) is 2.89. The van der Waals surface area contributed by atoms with Crippen LogP contribution in [-0.4, -0.2) is 22.2 Å². The van der Waals surface area contributed by atoms with Gasteiger partial charge in [-0.1, -0.05) is 43.4 Å². The Bertz CT molecular complexity index is 485. The van der Waals surface area contributed by atoms with Gasteiger partial charge in [0.15, 0.2) is 0 Å². The Morgan fingerprint density at radius 2 is 1.95 bits per heavy atom. The number of nitrogens with zero attached hydrogens (tertiary/aromatic N) is 1. The highest BCUT2D eigenvalue weighted by Gasteiger charge is 2.29. The summed E-state index contributed by atoms with van der Waals surface area (Å²) in [6, 6.07) is 4.56. The van der Waals surface area contributed by atoms with Crippen molar-refractivity contribution in [2.45, 2.75) is 44.1 Å². The van der Waals surface area contributed by atoms with Gasteiger partial charge in [0.2, 0.25) is 0 Å². The van der Waals surface area contributed by atoms with Gasteiger partial charge in [0.25, 0.3) is 5.69 Å². The van der Waals surface area contributed by atoms with Crippen LogP contribution in [0.15, 0.2) is 18.2 Å². The first kappa shape index (κ1) is 15.1. The van der Waals surface area contributed by atoms with Crippen LogP contribution in [-0.2, 0) is 0 Å². The van der Waals surface area contributed by atoms with Crippen molar-refractivity contribution < 1.29 is 10.0 Å². The number of benzene rings is 1. The van der Waals surface area contributed by atoms with Crippen molar-refractivity contribution >= 4 is 23.0 Å². The van der Waals surface area contributed by atoms with E-state index in [-0.39, 0.29) is 17.9 Å². The molecule has 5 nitrogen and oxygen atoms in total. The van der Waals surface area contributed by atoms with E-state index in [4.69, 9.17) is 11.6 Å². The van der Waals surface area contributed by atoms with Gasteiger partial charge in [-0.3, -0.25) is 10.1 Å². The number of hydrogen-bond donors (Lipinski definition) is 2. The third-order valence-corrected chi connectivity index (χ3v) is 4.13. The summed E-state index contributed by atoms with van der Waals surface area (Å²) in [4.78, 5) is 10.5. The summed E-state index contributed by atoms with van der Waals surface area (Å²) in [6.07, 6.45) is 5.69. The van der Waals surface area contributed by atoms with E-state index in [1.165, 1.54) is 6.07 Å². The minimum Gasteiger partial charge on any atom is -0.388 e. The van der Waals surface area contributed by atoms with Crippen LogP contribution in [0.25, 0.3) is 0 Å². The number of nitrogens with one attached hydrogen (secondary N) is 1. The predicted octanol–water partition coefficient (Wildman–Crippen LogP) is 3.75. The molecule has 0 aliphatic heterocycles. The van der Waals surface area contributed by atoms with Gasteiger partial charge in [0, 0.05) is 12.6 Å². The van der Waals surface area contributed by atoms with Crippen LogP contribution in [0, 0.1) is 10.1 Å². The van der Waals surface area contributed by atoms with Gasteiger partial charge in [-0.05, 0) is 18.9 Å². The Morgan fingerprint density at radius 1 is 1.30 bits per heavy atom.